The van der Waals surface area contributed by atoms with Gasteiger partial charge in [0.1, 0.15) is 18.0 Å². The fraction of sp³-hybridized carbons (Fsp3) is 0.360. The van der Waals surface area contributed by atoms with Gasteiger partial charge in [-0.1, -0.05) is 48.5 Å². The second-order valence-corrected chi connectivity index (χ2v) is 8.43. The molecule has 6 heteroatoms. The van der Waals surface area contributed by atoms with E-state index in [0.29, 0.717) is 6.04 Å². The van der Waals surface area contributed by atoms with Crippen LogP contribution in [0.25, 0.3) is 11.1 Å². The monoisotopic (exact) mass is 413 g/mol. The summed E-state index contributed by atoms with van der Waals surface area (Å²) in [6.45, 7) is 7.30. The number of fused-ring (bicyclic) bond motifs is 3. The van der Waals surface area contributed by atoms with Crippen molar-refractivity contribution in [3.8, 4) is 11.1 Å². The van der Waals surface area contributed by atoms with E-state index >= 15 is 0 Å². The first kappa shape index (κ1) is 18.8. The first-order chi connectivity index (χ1) is 15.4. The Morgan fingerprint density at radius 3 is 1.84 bits per heavy atom. The van der Waals surface area contributed by atoms with Crippen LogP contribution in [0.1, 0.15) is 17.2 Å². The summed E-state index contributed by atoms with van der Waals surface area (Å²) in [6, 6.07) is 20.2. The molecule has 1 aliphatic carbocycles. The maximum absolute atomic E-state index is 5.48. The van der Waals surface area contributed by atoms with Gasteiger partial charge in [-0.25, -0.2) is 9.97 Å². The van der Waals surface area contributed by atoms with Gasteiger partial charge >= 0.3 is 0 Å². The standard InChI is InChI=1S/C25H27N5O/c1-3-7-21-19(5-1)20-6-2-4-8-22(20)25(21)30-11-9-28(10-12-30)23-17-24(27-18-26-23)29-13-15-31-16-14-29/h1-8,17-18,25H,9-16H2. The van der Waals surface area contributed by atoms with E-state index in [4.69, 9.17) is 4.74 Å². The van der Waals surface area contributed by atoms with Crippen molar-refractivity contribution < 1.29 is 4.74 Å². The van der Waals surface area contributed by atoms with Gasteiger partial charge in [0.05, 0.1) is 19.3 Å². The number of piperazine rings is 1. The van der Waals surface area contributed by atoms with Gasteiger partial charge in [0.15, 0.2) is 0 Å². The van der Waals surface area contributed by atoms with Crippen molar-refractivity contribution in [1.82, 2.24) is 14.9 Å². The fourth-order valence-corrected chi connectivity index (χ4v) is 5.21. The minimum absolute atomic E-state index is 0.351. The van der Waals surface area contributed by atoms with Crippen LogP contribution in [0, 0.1) is 0 Å². The van der Waals surface area contributed by atoms with Crippen LogP contribution in [0.15, 0.2) is 60.9 Å². The van der Waals surface area contributed by atoms with E-state index in [9.17, 15) is 0 Å². The maximum atomic E-state index is 5.48. The third-order valence-corrected chi connectivity index (χ3v) is 6.78. The van der Waals surface area contributed by atoms with E-state index in [1.807, 2.05) is 0 Å². The molecule has 6 rings (SSSR count). The zero-order valence-electron chi connectivity index (χ0n) is 17.7. The van der Waals surface area contributed by atoms with Gasteiger partial charge in [0.2, 0.25) is 0 Å². The van der Waals surface area contributed by atoms with Crippen LogP contribution in [-0.4, -0.2) is 67.4 Å². The maximum Gasteiger partial charge on any atom is 0.134 e. The quantitative estimate of drug-likeness (QED) is 0.657. The highest BCUT2D eigenvalue weighted by atomic mass is 16.5. The van der Waals surface area contributed by atoms with Crippen LogP contribution in [-0.2, 0) is 4.74 Å². The molecule has 2 aromatic carbocycles. The summed E-state index contributed by atoms with van der Waals surface area (Å²) in [6.07, 6.45) is 1.70. The molecule has 0 unspecified atom stereocenters. The van der Waals surface area contributed by atoms with Crippen molar-refractivity contribution in [2.45, 2.75) is 6.04 Å². The lowest BCUT2D eigenvalue weighted by atomic mass is 10.0. The molecule has 158 valence electrons. The molecule has 2 fully saturated rings. The molecule has 6 nitrogen and oxygen atoms in total. The van der Waals surface area contributed by atoms with Gasteiger partial charge in [-0.3, -0.25) is 4.90 Å². The van der Waals surface area contributed by atoms with E-state index < -0.39 is 0 Å². The summed E-state index contributed by atoms with van der Waals surface area (Å²) in [5, 5.41) is 0. The Kier molecular flexibility index (Phi) is 4.81. The summed E-state index contributed by atoms with van der Waals surface area (Å²) >= 11 is 0. The lowest BCUT2D eigenvalue weighted by molar-refractivity contribution is 0.122. The number of aromatic nitrogens is 2. The SMILES string of the molecule is c1ccc2c(c1)-c1ccccc1C2N1CCN(c2cc(N3CCOCC3)ncn2)CC1. The fourth-order valence-electron chi connectivity index (χ4n) is 5.21. The van der Waals surface area contributed by atoms with Gasteiger partial charge in [0.25, 0.3) is 0 Å². The van der Waals surface area contributed by atoms with Crippen LogP contribution in [0.5, 0.6) is 0 Å². The van der Waals surface area contributed by atoms with E-state index in [1.165, 1.54) is 22.3 Å². The third-order valence-electron chi connectivity index (χ3n) is 6.78. The highest BCUT2D eigenvalue weighted by molar-refractivity contribution is 5.78. The largest absolute Gasteiger partial charge is 0.378 e. The minimum atomic E-state index is 0.351. The minimum Gasteiger partial charge on any atom is -0.378 e. The number of anilines is 2. The highest BCUT2D eigenvalue weighted by Gasteiger charge is 2.34. The van der Waals surface area contributed by atoms with E-state index in [2.05, 4.69) is 79.3 Å². The molecule has 3 aromatic rings. The number of hydrogen-bond acceptors (Lipinski definition) is 6. The lowest BCUT2D eigenvalue weighted by Gasteiger charge is -2.39. The number of morpholine rings is 1. The molecule has 2 saturated heterocycles. The molecular formula is C25H27N5O. The summed E-state index contributed by atoms with van der Waals surface area (Å²) in [5.41, 5.74) is 5.65. The Balaban J connectivity index is 1.20. The van der Waals surface area contributed by atoms with Crippen molar-refractivity contribution in [2.24, 2.45) is 0 Å². The van der Waals surface area contributed by atoms with E-state index in [1.54, 1.807) is 6.33 Å². The first-order valence-corrected chi connectivity index (χ1v) is 11.2. The highest BCUT2D eigenvalue weighted by Crippen LogP contribution is 2.46. The second kappa shape index (κ2) is 7.94. The molecule has 0 radical (unpaired) electrons. The Labute approximate surface area is 183 Å². The predicted octanol–water partition coefficient (Wildman–Crippen LogP) is 3.21. The molecule has 31 heavy (non-hydrogen) atoms. The van der Waals surface area contributed by atoms with Gasteiger partial charge in [-0.15, -0.1) is 0 Å². The Bertz CT molecular complexity index is 1030. The van der Waals surface area contributed by atoms with E-state index in [-0.39, 0.29) is 0 Å². The molecule has 0 spiro atoms. The van der Waals surface area contributed by atoms with Crippen molar-refractivity contribution in [1.29, 1.82) is 0 Å². The summed E-state index contributed by atoms with van der Waals surface area (Å²) < 4.78 is 5.48. The summed E-state index contributed by atoms with van der Waals surface area (Å²) in [4.78, 5) is 16.4. The van der Waals surface area contributed by atoms with Crippen molar-refractivity contribution >= 4 is 11.6 Å². The molecule has 1 aromatic heterocycles. The van der Waals surface area contributed by atoms with Gasteiger partial charge < -0.3 is 14.5 Å². The van der Waals surface area contributed by atoms with Gasteiger partial charge in [-0.2, -0.15) is 0 Å². The molecule has 3 aliphatic rings. The molecule has 0 atom stereocenters. The van der Waals surface area contributed by atoms with E-state index in [0.717, 1.165) is 64.1 Å². The first-order valence-electron chi connectivity index (χ1n) is 11.2. The van der Waals surface area contributed by atoms with Crippen LogP contribution in [0.3, 0.4) is 0 Å². The zero-order valence-corrected chi connectivity index (χ0v) is 17.7. The molecule has 2 aliphatic heterocycles. The Morgan fingerprint density at radius 1 is 0.677 bits per heavy atom. The molecule has 0 N–H and O–H groups in total. The molecule has 0 bridgehead atoms. The van der Waals surface area contributed by atoms with Crippen LogP contribution < -0.4 is 9.80 Å². The topological polar surface area (TPSA) is 44.7 Å². The van der Waals surface area contributed by atoms with Gasteiger partial charge in [-0.05, 0) is 22.3 Å². The third kappa shape index (κ3) is 3.36. The summed E-state index contributed by atoms with van der Waals surface area (Å²) in [7, 11) is 0. The van der Waals surface area contributed by atoms with Crippen LogP contribution >= 0.6 is 0 Å². The summed E-state index contributed by atoms with van der Waals surface area (Å²) in [5.74, 6) is 2.04. The lowest BCUT2D eigenvalue weighted by Crippen LogP contribution is -2.48. The predicted molar refractivity (Wildman–Crippen MR) is 123 cm³/mol. The van der Waals surface area contributed by atoms with Crippen LogP contribution in [0.4, 0.5) is 11.6 Å². The van der Waals surface area contributed by atoms with Crippen molar-refractivity contribution in [2.75, 3.05) is 62.3 Å². The zero-order chi connectivity index (χ0) is 20.6. The molecular weight excluding hydrogens is 386 g/mol. The molecule has 0 saturated carbocycles. The Morgan fingerprint density at radius 2 is 1.23 bits per heavy atom. The smallest absolute Gasteiger partial charge is 0.134 e. The average molecular weight is 414 g/mol. The number of benzene rings is 2. The van der Waals surface area contributed by atoms with Crippen molar-refractivity contribution in [3.05, 3.63) is 72.1 Å². The number of nitrogens with zero attached hydrogens (tertiary/aromatic N) is 5. The molecule has 3 heterocycles. The second-order valence-electron chi connectivity index (χ2n) is 8.43. The Hall–Kier alpha value is -2.96. The molecule has 0 amide bonds. The van der Waals surface area contributed by atoms with Gasteiger partial charge in [0, 0.05) is 45.3 Å². The number of ether oxygens (including phenoxy) is 1. The number of rotatable bonds is 3. The van der Waals surface area contributed by atoms with Crippen LogP contribution in [0.2, 0.25) is 0 Å². The number of hydrogen-bond donors (Lipinski definition) is 0. The van der Waals surface area contributed by atoms with Crippen molar-refractivity contribution in [3.63, 3.8) is 0 Å². The normalized spacial score (nSPS) is 19.4. The average Bonchev–Trinajstić information content (AvgIpc) is 3.19.